The zero-order valence-electron chi connectivity index (χ0n) is 4.73. The average Bonchev–Trinajstić information content (AvgIpc) is 1.77. The SMILES string of the molecule is NC1CCC(Cl)CN1. The molecule has 0 aromatic heterocycles. The zero-order chi connectivity index (χ0) is 5.98. The Balaban J connectivity index is 2.19. The van der Waals surface area contributed by atoms with Crippen LogP contribution in [0.4, 0.5) is 0 Å². The van der Waals surface area contributed by atoms with Crippen molar-refractivity contribution in [2.45, 2.75) is 24.4 Å². The molecule has 1 saturated heterocycles. The van der Waals surface area contributed by atoms with Crippen LogP contribution in [-0.2, 0) is 0 Å². The standard InChI is InChI=1S/C5H11ClN2/c6-4-1-2-5(7)8-3-4/h4-5,8H,1-3,7H2. The summed E-state index contributed by atoms with van der Waals surface area (Å²) < 4.78 is 0. The maximum Gasteiger partial charge on any atom is 0.0547 e. The first-order valence-electron chi connectivity index (χ1n) is 2.92. The lowest BCUT2D eigenvalue weighted by atomic mass is 10.1. The number of rotatable bonds is 0. The van der Waals surface area contributed by atoms with Crippen LogP contribution in [0.3, 0.4) is 0 Å². The molecule has 3 N–H and O–H groups in total. The van der Waals surface area contributed by atoms with Gasteiger partial charge >= 0.3 is 0 Å². The lowest BCUT2D eigenvalue weighted by molar-refractivity contribution is 0.415. The molecule has 0 bridgehead atoms. The molecule has 1 aliphatic heterocycles. The third-order valence-corrected chi connectivity index (χ3v) is 1.76. The summed E-state index contributed by atoms with van der Waals surface area (Å²) in [4.78, 5) is 0. The Hall–Kier alpha value is 0.210. The van der Waals surface area contributed by atoms with E-state index in [0.717, 1.165) is 19.4 Å². The Labute approximate surface area is 54.4 Å². The van der Waals surface area contributed by atoms with Crippen LogP contribution >= 0.6 is 11.6 Å². The van der Waals surface area contributed by atoms with Crippen LogP contribution in [0.2, 0.25) is 0 Å². The number of halogens is 1. The molecule has 2 atom stereocenters. The fourth-order valence-corrected chi connectivity index (χ4v) is 1.06. The van der Waals surface area contributed by atoms with Gasteiger partial charge in [0.15, 0.2) is 0 Å². The third-order valence-electron chi connectivity index (χ3n) is 1.39. The topological polar surface area (TPSA) is 38.0 Å². The summed E-state index contributed by atoms with van der Waals surface area (Å²) in [6.45, 7) is 0.864. The molecule has 0 spiro atoms. The predicted octanol–water partition coefficient (Wildman–Crippen LogP) is 0.262. The van der Waals surface area contributed by atoms with E-state index >= 15 is 0 Å². The quantitative estimate of drug-likeness (QED) is 0.467. The second kappa shape index (κ2) is 2.67. The van der Waals surface area contributed by atoms with Crippen molar-refractivity contribution >= 4 is 11.6 Å². The van der Waals surface area contributed by atoms with Crippen molar-refractivity contribution in [1.29, 1.82) is 0 Å². The van der Waals surface area contributed by atoms with Gasteiger partial charge in [0.25, 0.3) is 0 Å². The van der Waals surface area contributed by atoms with Crippen molar-refractivity contribution in [2.24, 2.45) is 5.73 Å². The van der Waals surface area contributed by atoms with Crippen LogP contribution in [0.5, 0.6) is 0 Å². The third kappa shape index (κ3) is 1.62. The molecule has 0 saturated carbocycles. The molecular weight excluding hydrogens is 124 g/mol. The van der Waals surface area contributed by atoms with Gasteiger partial charge in [0.2, 0.25) is 0 Å². The van der Waals surface area contributed by atoms with Gasteiger partial charge < -0.3 is 11.1 Å². The van der Waals surface area contributed by atoms with Crippen molar-refractivity contribution < 1.29 is 0 Å². The second-order valence-corrected chi connectivity index (χ2v) is 2.81. The molecule has 0 radical (unpaired) electrons. The highest BCUT2D eigenvalue weighted by atomic mass is 35.5. The van der Waals surface area contributed by atoms with Crippen molar-refractivity contribution in [3.8, 4) is 0 Å². The summed E-state index contributed by atoms with van der Waals surface area (Å²) in [6, 6.07) is 0. The van der Waals surface area contributed by atoms with E-state index in [1.54, 1.807) is 0 Å². The molecule has 1 heterocycles. The first-order chi connectivity index (χ1) is 3.79. The van der Waals surface area contributed by atoms with Crippen molar-refractivity contribution in [3.05, 3.63) is 0 Å². The van der Waals surface area contributed by atoms with Gasteiger partial charge in [0.1, 0.15) is 0 Å². The van der Waals surface area contributed by atoms with Gasteiger partial charge in [-0.15, -0.1) is 11.6 Å². The normalized spacial score (nSPS) is 39.8. The van der Waals surface area contributed by atoms with Gasteiger partial charge in [-0.3, -0.25) is 0 Å². The van der Waals surface area contributed by atoms with Crippen LogP contribution in [0, 0.1) is 0 Å². The average molecular weight is 135 g/mol. The molecule has 3 heteroatoms. The van der Waals surface area contributed by atoms with Gasteiger partial charge in [-0.1, -0.05) is 0 Å². The summed E-state index contributed by atoms with van der Waals surface area (Å²) in [7, 11) is 0. The Bertz CT molecular complexity index is 58.8. The molecule has 2 nitrogen and oxygen atoms in total. The van der Waals surface area contributed by atoms with E-state index < -0.39 is 0 Å². The molecular formula is C5H11ClN2. The lowest BCUT2D eigenvalue weighted by Crippen LogP contribution is -2.45. The van der Waals surface area contributed by atoms with E-state index in [1.165, 1.54) is 0 Å². The molecule has 0 aliphatic carbocycles. The highest BCUT2D eigenvalue weighted by molar-refractivity contribution is 6.20. The Kier molecular flexibility index (Phi) is 2.11. The minimum absolute atomic E-state index is 0.185. The number of nitrogens with one attached hydrogen (secondary N) is 1. The predicted molar refractivity (Wildman–Crippen MR) is 34.9 cm³/mol. The van der Waals surface area contributed by atoms with Gasteiger partial charge in [0, 0.05) is 11.9 Å². The molecule has 1 aliphatic rings. The first-order valence-corrected chi connectivity index (χ1v) is 3.35. The summed E-state index contributed by atoms with van der Waals surface area (Å²) in [6.07, 6.45) is 2.24. The molecule has 48 valence electrons. The number of hydrogen-bond donors (Lipinski definition) is 2. The minimum Gasteiger partial charge on any atom is -0.316 e. The number of piperidine rings is 1. The maximum atomic E-state index is 5.76. The highest BCUT2D eigenvalue weighted by Gasteiger charge is 2.14. The smallest absolute Gasteiger partial charge is 0.0547 e. The molecule has 0 aromatic carbocycles. The Morgan fingerprint density at radius 3 is 2.62 bits per heavy atom. The molecule has 2 unspecified atom stereocenters. The van der Waals surface area contributed by atoms with E-state index in [4.69, 9.17) is 17.3 Å². The van der Waals surface area contributed by atoms with E-state index in [-0.39, 0.29) is 6.17 Å². The fourth-order valence-electron chi connectivity index (χ4n) is 0.844. The van der Waals surface area contributed by atoms with Gasteiger partial charge in [0.05, 0.1) is 6.17 Å². The largest absolute Gasteiger partial charge is 0.316 e. The van der Waals surface area contributed by atoms with Gasteiger partial charge in [-0.05, 0) is 12.8 Å². The molecule has 1 rings (SSSR count). The molecule has 0 amide bonds. The van der Waals surface area contributed by atoms with E-state index in [1.807, 2.05) is 0 Å². The van der Waals surface area contributed by atoms with Crippen LogP contribution in [0.1, 0.15) is 12.8 Å². The summed E-state index contributed by atoms with van der Waals surface area (Å²) in [5.41, 5.74) is 5.53. The molecule has 8 heavy (non-hydrogen) atoms. The monoisotopic (exact) mass is 134 g/mol. The van der Waals surface area contributed by atoms with Crippen LogP contribution in [0.15, 0.2) is 0 Å². The fraction of sp³-hybridized carbons (Fsp3) is 1.00. The Morgan fingerprint density at radius 2 is 2.25 bits per heavy atom. The van der Waals surface area contributed by atoms with Crippen molar-refractivity contribution in [1.82, 2.24) is 5.32 Å². The minimum atomic E-state index is 0.185. The zero-order valence-corrected chi connectivity index (χ0v) is 5.49. The van der Waals surface area contributed by atoms with Crippen molar-refractivity contribution in [3.63, 3.8) is 0 Å². The Morgan fingerprint density at radius 1 is 1.50 bits per heavy atom. The van der Waals surface area contributed by atoms with Crippen LogP contribution in [-0.4, -0.2) is 18.1 Å². The summed E-state index contributed by atoms with van der Waals surface area (Å²) in [5.74, 6) is 0. The highest BCUT2D eigenvalue weighted by Crippen LogP contribution is 2.09. The molecule has 0 aromatic rings. The van der Waals surface area contributed by atoms with E-state index in [2.05, 4.69) is 5.32 Å². The second-order valence-electron chi connectivity index (χ2n) is 2.19. The lowest BCUT2D eigenvalue weighted by Gasteiger charge is -2.22. The summed E-state index contributed by atoms with van der Waals surface area (Å²) in [5, 5.41) is 3.38. The van der Waals surface area contributed by atoms with Gasteiger partial charge in [-0.2, -0.15) is 0 Å². The van der Waals surface area contributed by atoms with E-state index in [9.17, 15) is 0 Å². The maximum absolute atomic E-state index is 5.76. The summed E-state index contributed by atoms with van der Waals surface area (Å²) >= 11 is 5.76. The van der Waals surface area contributed by atoms with Crippen LogP contribution < -0.4 is 11.1 Å². The number of hydrogen-bond acceptors (Lipinski definition) is 2. The van der Waals surface area contributed by atoms with E-state index in [0.29, 0.717) is 5.38 Å². The van der Waals surface area contributed by atoms with Crippen molar-refractivity contribution in [2.75, 3.05) is 6.54 Å². The number of nitrogens with two attached hydrogens (primary N) is 1. The first kappa shape index (κ1) is 6.33. The van der Waals surface area contributed by atoms with Gasteiger partial charge in [-0.25, -0.2) is 0 Å². The molecule has 1 fully saturated rings. The number of alkyl halides is 1. The van der Waals surface area contributed by atoms with Crippen LogP contribution in [0.25, 0.3) is 0 Å².